The lowest BCUT2D eigenvalue weighted by Gasteiger charge is -2.33. The van der Waals surface area contributed by atoms with Gasteiger partial charge in [0.1, 0.15) is 19.1 Å². The molecule has 0 spiro atoms. The molecule has 4 aromatic rings. The fraction of sp³-hybridized carbons (Fsp3) is 0.444. The zero-order valence-electron chi connectivity index (χ0n) is 32.0. The Balaban J connectivity index is 1.42. The van der Waals surface area contributed by atoms with Gasteiger partial charge in [-0.25, -0.2) is 27.8 Å². The van der Waals surface area contributed by atoms with E-state index in [9.17, 15) is 31.5 Å². The van der Waals surface area contributed by atoms with Gasteiger partial charge in [-0.15, -0.1) is 0 Å². The van der Waals surface area contributed by atoms with E-state index in [4.69, 9.17) is 26.2 Å². The molecule has 53 heavy (non-hydrogen) atoms. The molecule has 1 unspecified atom stereocenters. The number of rotatable bonds is 13. The van der Waals surface area contributed by atoms with Crippen LogP contribution in [0.15, 0.2) is 66.2 Å². The van der Waals surface area contributed by atoms with Gasteiger partial charge in [-0.2, -0.15) is 19.0 Å². The van der Waals surface area contributed by atoms with Crippen molar-refractivity contribution in [2.24, 2.45) is 28.5 Å². The molecule has 0 radical (unpaired) electrons. The molecule has 0 bridgehead atoms. The van der Waals surface area contributed by atoms with E-state index in [1.807, 2.05) is 0 Å². The number of aryl methyl sites for hydroxylation is 1. The minimum Gasteiger partial charge on any atom is -0.463 e. The van der Waals surface area contributed by atoms with Gasteiger partial charge >= 0.3 is 12.5 Å². The Bertz CT molecular complexity index is 2180. The monoisotopic (exact) mass is 763 g/mol. The van der Waals surface area contributed by atoms with Gasteiger partial charge in [-0.05, 0) is 42.2 Å². The van der Waals surface area contributed by atoms with Crippen LogP contribution in [0.4, 0.5) is 22.0 Å². The van der Waals surface area contributed by atoms with Gasteiger partial charge in [0, 0.05) is 45.7 Å². The second kappa shape index (κ2) is 13.5. The molecule has 2 aromatic heterocycles. The Labute approximate surface area is 311 Å². The molecular formula is C36H38ClF5N8O3. The molecule has 2 aliphatic rings. The predicted molar refractivity (Wildman–Crippen MR) is 185 cm³/mol. The van der Waals surface area contributed by atoms with Crippen LogP contribution in [0.2, 0.25) is 5.02 Å². The summed E-state index contributed by atoms with van der Waals surface area (Å²) in [5.74, 6) is -5.26. The van der Waals surface area contributed by atoms with Gasteiger partial charge in [-0.3, -0.25) is 19.2 Å². The summed E-state index contributed by atoms with van der Waals surface area (Å²) in [5.41, 5.74) is 3.06. The van der Waals surface area contributed by atoms with Crippen molar-refractivity contribution in [2.75, 3.05) is 6.61 Å². The molecule has 1 saturated carbocycles. The summed E-state index contributed by atoms with van der Waals surface area (Å²) in [4.78, 5) is 37.8. The fourth-order valence-corrected chi connectivity index (χ4v) is 6.61. The first-order valence-corrected chi connectivity index (χ1v) is 16.9. The summed E-state index contributed by atoms with van der Waals surface area (Å²) in [7, 11) is 0. The van der Waals surface area contributed by atoms with Crippen molar-refractivity contribution in [1.82, 2.24) is 29.4 Å². The third-order valence-corrected chi connectivity index (χ3v) is 10.5. The number of nitrogens with two attached hydrogens (primary N) is 1. The highest BCUT2D eigenvalue weighted by Gasteiger charge is 2.71. The van der Waals surface area contributed by atoms with E-state index in [1.165, 1.54) is 62.5 Å². The zero-order valence-corrected chi connectivity index (χ0v) is 29.8. The summed E-state index contributed by atoms with van der Waals surface area (Å²) in [6.45, 7) is -0.383. The van der Waals surface area contributed by atoms with Crippen LogP contribution in [0.25, 0.3) is 22.5 Å². The van der Waals surface area contributed by atoms with E-state index in [0.29, 0.717) is 20.5 Å². The molecule has 1 amide bonds. The van der Waals surface area contributed by atoms with E-state index in [0.717, 1.165) is 17.4 Å². The highest BCUT2D eigenvalue weighted by atomic mass is 35.5. The summed E-state index contributed by atoms with van der Waals surface area (Å²) in [6, 6.07) is 9.05. The van der Waals surface area contributed by atoms with Gasteiger partial charge in [0.25, 0.3) is 11.8 Å². The minimum atomic E-state index is -3.13. The quantitative estimate of drug-likeness (QED) is 0.112. The Morgan fingerprint density at radius 1 is 1.15 bits per heavy atom. The smallest absolute Gasteiger partial charge is 0.333 e. The molecular weight excluding hydrogens is 723 g/mol. The van der Waals surface area contributed by atoms with Gasteiger partial charge in [0.15, 0.2) is 17.3 Å². The number of aromatic nitrogens is 5. The molecule has 1 aliphatic carbocycles. The number of carbonyl (C=O) groups is 2. The maximum atomic E-state index is 15.0. The average Bonchev–Trinajstić information content (AvgIpc) is 3.65. The molecule has 282 valence electrons. The van der Waals surface area contributed by atoms with E-state index >= 15 is 0 Å². The number of esters is 1. The number of aliphatic imine (C=N–C) groups is 1. The zero-order chi connectivity index (χ0) is 41.2. The van der Waals surface area contributed by atoms with Crippen molar-refractivity contribution in [1.29, 1.82) is 0 Å². The van der Waals surface area contributed by atoms with Crippen molar-refractivity contribution in [2.45, 2.75) is 77.2 Å². The summed E-state index contributed by atoms with van der Waals surface area (Å²) in [5, 5.41) is 7.77. The Hall–Kier alpha value is -4.86. The summed E-state index contributed by atoms with van der Waals surface area (Å²) >= 11 is 6.52. The van der Waals surface area contributed by atoms with Crippen LogP contribution in [0.5, 0.6) is 0 Å². The van der Waals surface area contributed by atoms with Crippen molar-refractivity contribution in [3.05, 3.63) is 77.3 Å². The molecule has 11 nitrogen and oxygen atoms in total. The topological polar surface area (TPSA) is 134 Å². The van der Waals surface area contributed by atoms with E-state index in [1.54, 1.807) is 13.8 Å². The maximum absolute atomic E-state index is 15.0. The van der Waals surface area contributed by atoms with Crippen LogP contribution in [0.1, 0.15) is 74.8 Å². The lowest BCUT2D eigenvalue weighted by atomic mass is 9.79. The normalized spacial score (nSPS) is 23.3. The third-order valence-electron chi connectivity index (χ3n) is 10.1. The molecule has 4 atom stereocenters. The van der Waals surface area contributed by atoms with Gasteiger partial charge in [-0.1, -0.05) is 62.7 Å². The van der Waals surface area contributed by atoms with Gasteiger partial charge in [0.05, 0.1) is 23.7 Å². The van der Waals surface area contributed by atoms with Crippen LogP contribution >= 0.6 is 11.6 Å². The van der Waals surface area contributed by atoms with Crippen molar-refractivity contribution < 1.29 is 40.4 Å². The number of hydrogen-bond donors (Lipinski definition) is 1. The van der Waals surface area contributed by atoms with E-state index < -0.39 is 85.3 Å². The number of carbonyl (C=O) groups excluding carboxylic acids is 2. The molecule has 1 fully saturated rings. The number of hydrogen-bond acceptors (Lipinski definition) is 8. The summed E-state index contributed by atoms with van der Waals surface area (Å²) in [6.07, 6.45) is 0.613. The number of amides is 1. The van der Waals surface area contributed by atoms with Crippen LogP contribution in [0.3, 0.4) is 0 Å². The number of nitrogens with zero attached hydrogens (tertiary/aromatic N) is 7. The summed E-state index contributed by atoms with van der Waals surface area (Å²) < 4.78 is 100. The number of halogens is 6. The SMILES string of the molecule is [2H]C([2H])([2H])n1cnc(-c2cc([C@@H](COC(=O)CC(C)(C)C(C)F)N3C(=O)[C@@](C[C@@]4(C)CC4(F)F)(c4ccc(-c5cnn(C(F)F)c5)cc4)N=C3N)ccc2Cl)n1. The number of alkyl halides is 5. The molecule has 3 heterocycles. The lowest BCUT2D eigenvalue weighted by molar-refractivity contribution is -0.150. The predicted octanol–water partition coefficient (Wildman–Crippen LogP) is 7.24. The Morgan fingerprint density at radius 3 is 2.43 bits per heavy atom. The number of ether oxygens (including phenoxy) is 1. The second-order valence-corrected chi connectivity index (χ2v) is 14.8. The fourth-order valence-electron chi connectivity index (χ4n) is 6.40. The minimum absolute atomic E-state index is 0.0887. The van der Waals surface area contributed by atoms with Crippen molar-refractivity contribution >= 4 is 29.4 Å². The lowest BCUT2D eigenvalue weighted by Crippen LogP contribution is -2.47. The second-order valence-electron chi connectivity index (χ2n) is 14.4. The first kappa shape index (κ1) is 33.9. The van der Waals surface area contributed by atoms with E-state index in [-0.39, 0.29) is 34.0 Å². The maximum Gasteiger partial charge on any atom is 0.333 e. The van der Waals surface area contributed by atoms with E-state index in [2.05, 4.69) is 20.2 Å². The van der Waals surface area contributed by atoms with Crippen molar-refractivity contribution in [3.8, 4) is 22.5 Å². The highest BCUT2D eigenvalue weighted by molar-refractivity contribution is 6.33. The molecule has 6 rings (SSSR count). The van der Waals surface area contributed by atoms with Crippen LogP contribution in [0, 0.1) is 10.8 Å². The first-order chi connectivity index (χ1) is 26.0. The van der Waals surface area contributed by atoms with Crippen LogP contribution in [-0.4, -0.2) is 66.0 Å². The number of guanidine groups is 1. The molecule has 1 aliphatic heterocycles. The highest BCUT2D eigenvalue weighted by Crippen LogP contribution is 2.66. The molecule has 2 aromatic carbocycles. The van der Waals surface area contributed by atoms with Crippen LogP contribution in [-0.2, 0) is 26.8 Å². The number of benzene rings is 2. The Morgan fingerprint density at radius 2 is 1.85 bits per heavy atom. The Kier molecular flexibility index (Phi) is 8.66. The standard InChI is InChI=1S/C36H38ClF5N8O3/c1-20(38)33(2,3)13-28(51)53-16-27(22-8-11-26(37)25(12-22)29-44-19-48(5)47-29)50-30(52)35(46-32(50)43,17-34(4)18-36(34,41)42)24-9-6-21(7-10-24)23-14-45-49(15-23)31(39)40/h6-12,14-15,19-20,27,31H,13,16-18H2,1-5H3,(H2,43,46)/t20?,27-,34+,35-/m1/s1/i5D3. The van der Waals surface area contributed by atoms with Crippen molar-refractivity contribution in [3.63, 3.8) is 0 Å². The molecule has 0 saturated heterocycles. The average molecular weight is 764 g/mol. The van der Waals surface area contributed by atoms with Gasteiger partial charge in [0.2, 0.25) is 0 Å². The van der Waals surface area contributed by atoms with Gasteiger partial charge < -0.3 is 10.5 Å². The largest absolute Gasteiger partial charge is 0.463 e. The third kappa shape index (κ3) is 7.12. The molecule has 2 N–H and O–H groups in total. The molecule has 17 heteroatoms. The van der Waals surface area contributed by atoms with Crippen LogP contribution < -0.4 is 5.73 Å². The first-order valence-electron chi connectivity index (χ1n) is 18.0.